The van der Waals surface area contributed by atoms with E-state index < -0.39 is 0 Å². The lowest BCUT2D eigenvalue weighted by molar-refractivity contribution is 0.507. The largest absolute Gasteiger partial charge is 0.448 e. The number of aromatic nitrogens is 1. The Hall–Kier alpha value is -0.800. The molecule has 0 N–H and O–H groups in total. The molecule has 2 aromatic heterocycles. The van der Waals surface area contributed by atoms with Crippen molar-refractivity contribution < 1.29 is 4.42 Å². The first-order chi connectivity index (χ1) is 6.38. The van der Waals surface area contributed by atoms with E-state index in [1.165, 1.54) is 4.88 Å². The van der Waals surface area contributed by atoms with Crippen LogP contribution in [0.3, 0.4) is 0 Å². The Labute approximate surface area is 85.2 Å². The fourth-order valence-corrected chi connectivity index (χ4v) is 1.87. The smallest absolute Gasteiger partial charge is 0.199 e. The normalized spacial score (nSPS) is 10.5. The highest BCUT2D eigenvalue weighted by Crippen LogP contribution is 2.14. The summed E-state index contributed by atoms with van der Waals surface area (Å²) in [5.41, 5.74) is 0.799. The van der Waals surface area contributed by atoms with Crippen molar-refractivity contribution in [2.45, 2.75) is 12.3 Å². The number of halogens is 1. The molecule has 0 aromatic carbocycles. The SMILES string of the molecule is ClCc1coc(Cc2cccs2)n1. The summed E-state index contributed by atoms with van der Waals surface area (Å²) < 4.78 is 5.24. The molecule has 0 radical (unpaired) electrons. The fraction of sp³-hybridized carbons (Fsp3) is 0.222. The Morgan fingerprint density at radius 3 is 3.08 bits per heavy atom. The molecule has 2 heterocycles. The van der Waals surface area contributed by atoms with Crippen LogP contribution in [0.2, 0.25) is 0 Å². The standard InChI is InChI=1S/C9H8ClNOS/c10-5-7-6-12-9(11-7)4-8-2-1-3-13-8/h1-3,6H,4-5H2. The van der Waals surface area contributed by atoms with Gasteiger partial charge in [0.25, 0.3) is 0 Å². The van der Waals surface area contributed by atoms with Crippen LogP contribution in [0.25, 0.3) is 0 Å². The Morgan fingerprint density at radius 1 is 1.54 bits per heavy atom. The second-order valence-corrected chi connectivity index (χ2v) is 3.92. The number of hydrogen-bond acceptors (Lipinski definition) is 3. The summed E-state index contributed by atoms with van der Waals surface area (Å²) in [7, 11) is 0. The molecule has 0 saturated heterocycles. The minimum absolute atomic E-state index is 0.411. The molecule has 0 fully saturated rings. The summed E-state index contributed by atoms with van der Waals surface area (Å²) in [5, 5.41) is 2.04. The summed E-state index contributed by atoms with van der Waals surface area (Å²) in [4.78, 5) is 5.46. The zero-order chi connectivity index (χ0) is 9.10. The molecule has 4 heteroatoms. The van der Waals surface area contributed by atoms with Crippen LogP contribution in [-0.4, -0.2) is 4.98 Å². The molecule has 0 aliphatic rings. The number of rotatable bonds is 3. The maximum absolute atomic E-state index is 5.60. The van der Waals surface area contributed by atoms with Crippen LogP contribution in [0.4, 0.5) is 0 Å². The molecule has 2 nitrogen and oxygen atoms in total. The van der Waals surface area contributed by atoms with Crippen molar-refractivity contribution in [2.24, 2.45) is 0 Å². The van der Waals surface area contributed by atoms with Gasteiger partial charge in [0.2, 0.25) is 0 Å². The molecular formula is C9H8ClNOS. The zero-order valence-corrected chi connectivity index (χ0v) is 8.44. The third-order valence-corrected chi connectivity index (χ3v) is 2.79. The first kappa shape index (κ1) is 8.78. The van der Waals surface area contributed by atoms with E-state index in [4.69, 9.17) is 16.0 Å². The van der Waals surface area contributed by atoms with Crippen molar-refractivity contribution in [1.29, 1.82) is 0 Å². The predicted molar refractivity (Wildman–Crippen MR) is 53.2 cm³/mol. The highest BCUT2D eigenvalue weighted by molar-refractivity contribution is 7.09. The van der Waals surface area contributed by atoms with Gasteiger partial charge < -0.3 is 4.42 Å². The van der Waals surface area contributed by atoms with Crippen molar-refractivity contribution in [2.75, 3.05) is 0 Å². The number of nitrogens with zero attached hydrogens (tertiary/aromatic N) is 1. The van der Waals surface area contributed by atoms with Gasteiger partial charge in [-0.2, -0.15) is 0 Å². The van der Waals surface area contributed by atoms with E-state index in [9.17, 15) is 0 Å². The number of thiophene rings is 1. The van der Waals surface area contributed by atoms with Crippen molar-refractivity contribution in [3.8, 4) is 0 Å². The highest BCUT2D eigenvalue weighted by Gasteiger charge is 2.04. The van der Waals surface area contributed by atoms with Gasteiger partial charge >= 0.3 is 0 Å². The van der Waals surface area contributed by atoms with Gasteiger partial charge in [0.1, 0.15) is 6.26 Å². The molecule has 13 heavy (non-hydrogen) atoms. The lowest BCUT2D eigenvalue weighted by Crippen LogP contribution is -1.85. The summed E-state index contributed by atoms with van der Waals surface area (Å²) >= 11 is 7.30. The number of alkyl halides is 1. The van der Waals surface area contributed by atoms with Gasteiger partial charge in [-0.3, -0.25) is 0 Å². The van der Waals surface area contributed by atoms with E-state index >= 15 is 0 Å². The molecule has 0 saturated carbocycles. The summed E-state index contributed by atoms with van der Waals surface area (Å²) in [6, 6.07) is 4.08. The molecule has 0 spiro atoms. The minimum Gasteiger partial charge on any atom is -0.448 e. The third kappa shape index (κ3) is 2.11. The average Bonchev–Trinajstić information content (AvgIpc) is 2.76. The molecule has 0 amide bonds. The van der Waals surface area contributed by atoms with Crippen LogP contribution < -0.4 is 0 Å². The number of hydrogen-bond donors (Lipinski definition) is 0. The Kier molecular flexibility index (Phi) is 2.66. The molecule has 2 aromatic rings. The first-order valence-corrected chi connectivity index (χ1v) is 5.31. The maximum Gasteiger partial charge on any atom is 0.199 e. The lowest BCUT2D eigenvalue weighted by Gasteiger charge is -1.88. The van der Waals surface area contributed by atoms with Crippen LogP contribution in [0.15, 0.2) is 28.2 Å². The van der Waals surface area contributed by atoms with Gasteiger partial charge in [-0.1, -0.05) is 6.07 Å². The molecule has 0 aliphatic heterocycles. The van der Waals surface area contributed by atoms with Gasteiger partial charge in [0.05, 0.1) is 18.0 Å². The topological polar surface area (TPSA) is 26.0 Å². The fourth-order valence-electron chi connectivity index (χ4n) is 1.05. The molecule has 2 rings (SSSR count). The van der Waals surface area contributed by atoms with Gasteiger partial charge in [-0.05, 0) is 11.4 Å². The monoisotopic (exact) mass is 213 g/mol. The van der Waals surface area contributed by atoms with Crippen LogP contribution in [0.5, 0.6) is 0 Å². The molecule has 68 valence electrons. The third-order valence-electron chi connectivity index (χ3n) is 1.64. The van der Waals surface area contributed by atoms with Crippen molar-refractivity contribution in [3.05, 3.63) is 40.2 Å². The zero-order valence-electron chi connectivity index (χ0n) is 6.87. The quantitative estimate of drug-likeness (QED) is 0.733. The second-order valence-electron chi connectivity index (χ2n) is 2.62. The molecule has 0 unspecified atom stereocenters. The summed E-state index contributed by atoms with van der Waals surface area (Å²) in [6.07, 6.45) is 2.37. The van der Waals surface area contributed by atoms with Crippen LogP contribution in [-0.2, 0) is 12.3 Å². The van der Waals surface area contributed by atoms with Crippen LogP contribution in [0, 0.1) is 0 Å². The summed E-state index contributed by atoms with van der Waals surface area (Å²) in [5.74, 6) is 1.15. The van der Waals surface area contributed by atoms with Gasteiger partial charge in [0.15, 0.2) is 5.89 Å². The van der Waals surface area contributed by atoms with Crippen molar-refractivity contribution >= 4 is 22.9 Å². The molecule has 0 aliphatic carbocycles. The van der Waals surface area contributed by atoms with E-state index in [1.807, 2.05) is 11.4 Å². The van der Waals surface area contributed by atoms with E-state index in [0.717, 1.165) is 18.0 Å². The first-order valence-electron chi connectivity index (χ1n) is 3.90. The molecular weight excluding hydrogens is 206 g/mol. The Bertz CT molecular complexity index is 369. The maximum atomic E-state index is 5.60. The van der Waals surface area contributed by atoms with E-state index in [-0.39, 0.29) is 0 Å². The van der Waals surface area contributed by atoms with Gasteiger partial charge in [-0.15, -0.1) is 22.9 Å². The van der Waals surface area contributed by atoms with Crippen molar-refractivity contribution in [3.63, 3.8) is 0 Å². The van der Waals surface area contributed by atoms with E-state index in [0.29, 0.717) is 5.88 Å². The highest BCUT2D eigenvalue weighted by atomic mass is 35.5. The second kappa shape index (κ2) is 3.94. The predicted octanol–water partition coefficient (Wildman–Crippen LogP) is 3.07. The average molecular weight is 214 g/mol. The lowest BCUT2D eigenvalue weighted by atomic mass is 10.3. The van der Waals surface area contributed by atoms with Crippen molar-refractivity contribution in [1.82, 2.24) is 4.98 Å². The van der Waals surface area contributed by atoms with E-state index in [1.54, 1.807) is 17.6 Å². The van der Waals surface area contributed by atoms with E-state index in [2.05, 4.69) is 11.1 Å². The Balaban J connectivity index is 2.10. The molecule has 0 bridgehead atoms. The van der Waals surface area contributed by atoms with Crippen LogP contribution in [0.1, 0.15) is 16.5 Å². The van der Waals surface area contributed by atoms with Gasteiger partial charge in [0, 0.05) is 4.88 Å². The minimum atomic E-state index is 0.411. The molecule has 0 atom stereocenters. The Morgan fingerprint density at radius 2 is 2.46 bits per heavy atom. The van der Waals surface area contributed by atoms with Gasteiger partial charge in [-0.25, -0.2) is 4.98 Å². The van der Waals surface area contributed by atoms with Crippen LogP contribution >= 0.6 is 22.9 Å². The number of oxazole rings is 1. The summed E-state index contributed by atoms with van der Waals surface area (Å²) in [6.45, 7) is 0.